The molecule has 0 amide bonds. The van der Waals surface area contributed by atoms with Gasteiger partial charge in [-0.25, -0.2) is 9.59 Å². The van der Waals surface area contributed by atoms with Crippen molar-refractivity contribution in [3.63, 3.8) is 0 Å². The zero-order chi connectivity index (χ0) is 34.2. The van der Waals surface area contributed by atoms with Crippen LogP contribution in [0.25, 0.3) is 0 Å². The number of nitro groups is 1. The summed E-state index contributed by atoms with van der Waals surface area (Å²) in [5.74, 6) is -0.994. The van der Waals surface area contributed by atoms with E-state index in [1.54, 1.807) is 18.2 Å². The summed E-state index contributed by atoms with van der Waals surface area (Å²) in [6, 6.07) is 5.22. The third-order valence-corrected chi connectivity index (χ3v) is 8.99. The third-order valence-electron chi connectivity index (χ3n) is 8.99. The molecule has 11 heteroatoms. The third kappa shape index (κ3) is 10.3. The Morgan fingerprint density at radius 2 is 1.92 bits per heavy atom. The molecule has 4 aliphatic heterocycles. The van der Waals surface area contributed by atoms with Crippen molar-refractivity contribution in [3.8, 4) is 0 Å². The quantitative estimate of drug-likeness (QED) is 0.129. The van der Waals surface area contributed by atoms with Crippen LogP contribution in [0.2, 0.25) is 0 Å². The molecule has 0 saturated carbocycles. The number of nitrogens with zero attached hydrogens (tertiary/aromatic N) is 1. The fraction of sp³-hybridized carbons (Fsp3) is 0.514. The van der Waals surface area contributed by atoms with E-state index >= 15 is 0 Å². The summed E-state index contributed by atoms with van der Waals surface area (Å²) in [6.07, 6.45) is 12.4. The van der Waals surface area contributed by atoms with Gasteiger partial charge in [0.1, 0.15) is 24.4 Å². The van der Waals surface area contributed by atoms with E-state index in [2.05, 4.69) is 19.6 Å². The number of hydrogen-bond acceptors (Lipinski definition) is 10. The zero-order valence-electron chi connectivity index (χ0n) is 27.5. The molecule has 0 spiro atoms. The lowest BCUT2D eigenvalue weighted by molar-refractivity contribution is -0.384. The maximum absolute atomic E-state index is 13.2. The second kappa shape index (κ2) is 16.5. The van der Waals surface area contributed by atoms with Crippen molar-refractivity contribution >= 4 is 17.6 Å². The Hall–Kier alpha value is -3.90. The zero-order valence-corrected chi connectivity index (χ0v) is 27.5. The summed E-state index contributed by atoms with van der Waals surface area (Å²) < 4.78 is 29.8. The number of cyclic esters (lactones) is 1. The van der Waals surface area contributed by atoms with Gasteiger partial charge < -0.3 is 28.8 Å². The Morgan fingerprint density at radius 3 is 2.67 bits per heavy atom. The highest BCUT2D eigenvalue weighted by atomic mass is 16.6. The lowest BCUT2D eigenvalue weighted by Crippen LogP contribution is -2.33. The maximum Gasteiger partial charge on any atom is 0.338 e. The molecule has 0 radical (unpaired) electrons. The summed E-state index contributed by atoms with van der Waals surface area (Å²) in [7, 11) is 0. The molecule has 1 aromatic rings. The number of benzene rings is 1. The molecular weight excluding hydrogens is 618 g/mol. The first-order valence-electron chi connectivity index (χ1n) is 16.6. The van der Waals surface area contributed by atoms with Gasteiger partial charge in [0.2, 0.25) is 0 Å². The highest BCUT2D eigenvalue weighted by Gasteiger charge is 2.49. The lowest BCUT2D eigenvalue weighted by Gasteiger charge is -2.28. The summed E-state index contributed by atoms with van der Waals surface area (Å²) in [5, 5.41) is 22.3. The minimum Gasteiger partial charge on any atom is -0.456 e. The first kappa shape index (κ1) is 35.4. The second-order valence-electron chi connectivity index (χ2n) is 13.2. The van der Waals surface area contributed by atoms with Crippen molar-refractivity contribution < 1.29 is 43.3 Å². The summed E-state index contributed by atoms with van der Waals surface area (Å²) >= 11 is 0. The molecule has 0 aromatic heterocycles. The Kier molecular flexibility index (Phi) is 12.2. The monoisotopic (exact) mass is 663 g/mol. The molecule has 5 rings (SSSR count). The van der Waals surface area contributed by atoms with Gasteiger partial charge in [-0.2, -0.15) is 0 Å². The van der Waals surface area contributed by atoms with Crippen molar-refractivity contribution in [1.82, 2.24) is 0 Å². The van der Waals surface area contributed by atoms with Gasteiger partial charge in [0.05, 0.1) is 41.5 Å². The smallest absolute Gasteiger partial charge is 0.338 e. The van der Waals surface area contributed by atoms with Crippen LogP contribution < -0.4 is 0 Å². The van der Waals surface area contributed by atoms with Crippen LogP contribution in [0.1, 0.15) is 69.2 Å². The molecule has 1 fully saturated rings. The molecule has 4 heterocycles. The number of epoxide rings is 1. The highest BCUT2D eigenvalue weighted by molar-refractivity contribution is 5.89. The number of aliphatic hydroxyl groups is 1. The average Bonchev–Trinajstić information content (AvgIpc) is 3.82. The number of hydrogen-bond donors (Lipinski definition) is 1. The molecule has 4 aliphatic rings. The minimum atomic E-state index is -1.14. The normalized spacial score (nSPS) is 32.9. The van der Waals surface area contributed by atoms with Gasteiger partial charge >= 0.3 is 11.9 Å². The van der Waals surface area contributed by atoms with Gasteiger partial charge in [0.25, 0.3) is 5.69 Å². The van der Waals surface area contributed by atoms with E-state index in [9.17, 15) is 24.8 Å². The number of rotatable bonds is 6. The van der Waals surface area contributed by atoms with Gasteiger partial charge in [-0.3, -0.25) is 10.1 Å². The van der Waals surface area contributed by atoms with Gasteiger partial charge in [-0.1, -0.05) is 61.1 Å². The average molecular weight is 664 g/mol. The molecule has 0 aliphatic carbocycles. The first-order valence-corrected chi connectivity index (χ1v) is 16.6. The van der Waals surface area contributed by atoms with Crippen LogP contribution in [0.4, 0.5) is 5.69 Å². The van der Waals surface area contributed by atoms with Crippen molar-refractivity contribution in [2.24, 2.45) is 5.92 Å². The Morgan fingerprint density at radius 1 is 1.12 bits per heavy atom. The molecule has 48 heavy (non-hydrogen) atoms. The Labute approximate surface area is 281 Å². The molecule has 2 bridgehead atoms. The number of carbonyl (C=O) groups is 2. The number of aliphatic hydroxyl groups excluding tert-OH is 1. The Bertz CT molecular complexity index is 1450. The van der Waals surface area contributed by atoms with E-state index in [4.69, 9.17) is 23.7 Å². The van der Waals surface area contributed by atoms with Crippen LogP contribution in [-0.4, -0.2) is 77.4 Å². The van der Waals surface area contributed by atoms with Gasteiger partial charge in [-0.15, -0.1) is 0 Å². The SMILES string of the molecule is C=C1C[C@H](C)C[C@@H]2CC=C[C@@H](C/C=C\C(=O)O[C@H]([C@@H](O)/C=C/[C@@H]3CC(C)=CCO3)C[C@H]3O[C@H]3[C@@H](OC(=O)c3ccc([N+](=O)[O-])cc3)C1)O2. The van der Waals surface area contributed by atoms with Crippen LogP contribution in [-0.2, 0) is 28.5 Å². The molecule has 9 atom stereocenters. The van der Waals surface area contributed by atoms with Crippen molar-refractivity contribution in [2.75, 3.05) is 6.61 Å². The fourth-order valence-electron chi connectivity index (χ4n) is 6.46. The molecule has 1 N–H and O–H groups in total. The van der Waals surface area contributed by atoms with Crippen molar-refractivity contribution in [3.05, 3.63) is 100 Å². The van der Waals surface area contributed by atoms with Crippen LogP contribution in [0.15, 0.2) is 84.5 Å². The van der Waals surface area contributed by atoms with Gasteiger partial charge in [-0.05, 0) is 57.1 Å². The number of esters is 2. The standard InChI is InChI=1S/C37H45NO10/c1-23-16-17-44-29(19-23)14-15-31(39)32-22-34-36(47-34)33(48-37(41)26-10-12-27(13-11-26)38(42)43)21-25(3)18-24(2)20-30-8-4-6-28(45-30)7-5-9-35(40)46-32/h4-6,9-16,24,28-34,36,39H,3,7-8,17-22H2,1-2H3/b9-5-,15-14+/t24-,28-,29+,30-,31-,32-,33-,34+,36-/m0/s1. The van der Waals surface area contributed by atoms with Crippen LogP contribution in [0.3, 0.4) is 0 Å². The summed E-state index contributed by atoms with van der Waals surface area (Å²) in [6.45, 7) is 8.95. The number of ether oxygens (including phenoxy) is 5. The summed E-state index contributed by atoms with van der Waals surface area (Å²) in [5.41, 5.74) is 2.11. The van der Waals surface area contributed by atoms with Gasteiger partial charge in [0.15, 0.2) is 0 Å². The molecule has 11 nitrogen and oxygen atoms in total. The second-order valence-corrected chi connectivity index (χ2v) is 13.2. The minimum absolute atomic E-state index is 0.0210. The predicted octanol–water partition coefficient (Wildman–Crippen LogP) is 5.88. The van der Waals surface area contributed by atoms with Gasteiger partial charge in [0, 0.05) is 31.1 Å². The number of non-ortho nitro benzene ring substituents is 1. The molecular formula is C37H45NO10. The van der Waals surface area contributed by atoms with Crippen LogP contribution >= 0.6 is 0 Å². The van der Waals surface area contributed by atoms with E-state index in [-0.39, 0.29) is 41.9 Å². The van der Waals surface area contributed by atoms with E-state index in [1.807, 2.05) is 19.1 Å². The predicted molar refractivity (Wildman–Crippen MR) is 177 cm³/mol. The fourth-order valence-corrected chi connectivity index (χ4v) is 6.46. The largest absolute Gasteiger partial charge is 0.456 e. The molecule has 0 unspecified atom stereocenters. The van der Waals surface area contributed by atoms with E-state index in [1.165, 1.54) is 35.9 Å². The maximum atomic E-state index is 13.2. The van der Waals surface area contributed by atoms with E-state index in [0.717, 1.165) is 18.4 Å². The highest BCUT2D eigenvalue weighted by Crippen LogP contribution is 2.37. The Balaban J connectivity index is 1.35. The first-order chi connectivity index (χ1) is 23.0. The van der Waals surface area contributed by atoms with Crippen molar-refractivity contribution in [1.29, 1.82) is 0 Å². The van der Waals surface area contributed by atoms with Crippen LogP contribution in [0, 0.1) is 16.0 Å². The summed E-state index contributed by atoms with van der Waals surface area (Å²) in [4.78, 5) is 36.7. The van der Waals surface area contributed by atoms with Crippen LogP contribution in [0.5, 0.6) is 0 Å². The molecule has 1 aromatic carbocycles. The van der Waals surface area contributed by atoms with E-state index in [0.29, 0.717) is 32.3 Å². The number of fused-ring (bicyclic) bond motifs is 3. The molecule has 258 valence electrons. The number of carbonyl (C=O) groups excluding carboxylic acids is 2. The van der Waals surface area contributed by atoms with E-state index < -0.39 is 47.4 Å². The van der Waals surface area contributed by atoms with Crippen molar-refractivity contribution in [2.45, 2.75) is 108 Å². The number of nitro benzene ring substituents is 1. The molecule has 1 saturated heterocycles. The lowest BCUT2D eigenvalue weighted by atomic mass is 9.90. The topological polar surface area (TPSA) is 147 Å².